The van der Waals surface area contributed by atoms with Crippen molar-refractivity contribution in [2.75, 3.05) is 18.6 Å². The van der Waals surface area contributed by atoms with Crippen molar-refractivity contribution in [3.63, 3.8) is 0 Å². The van der Waals surface area contributed by atoms with E-state index >= 15 is 0 Å². The number of imide groups is 1. The minimum absolute atomic E-state index is 0.0437. The van der Waals surface area contributed by atoms with Crippen LogP contribution in [0.4, 0.5) is 11.4 Å². The lowest BCUT2D eigenvalue weighted by Gasteiger charge is -2.28. The Labute approximate surface area is 190 Å². The standard InChI is InChI=1S/C24H23N3O6/c1-13-5-7-14(8-6-13)22(28)21-20-19(16-4-3-11-25(16)21)23(29)26(24(20)30)17-12-15(27(31)32)9-10-18(17)33-2/h5-10,12,16,19-21H,3-4,11H2,1-2H3/t16-,19-,20+,21-/m1/s1. The molecule has 9 heteroatoms. The number of amides is 2. The largest absolute Gasteiger partial charge is 0.495 e. The van der Waals surface area contributed by atoms with Crippen molar-refractivity contribution in [3.8, 4) is 5.75 Å². The molecule has 2 amide bonds. The Kier molecular flexibility index (Phi) is 5.01. The maximum absolute atomic E-state index is 13.7. The number of ether oxygens (including phenoxy) is 1. The summed E-state index contributed by atoms with van der Waals surface area (Å²) in [6, 6.07) is 10.1. The number of carbonyl (C=O) groups is 3. The molecule has 0 N–H and O–H groups in total. The molecule has 4 atom stereocenters. The van der Waals surface area contributed by atoms with Crippen molar-refractivity contribution in [1.82, 2.24) is 4.90 Å². The number of rotatable bonds is 5. The van der Waals surface area contributed by atoms with Gasteiger partial charge >= 0.3 is 0 Å². The molecule has 0 radical (unpaired) electrons. The van der Waals surface area contributed by atoms with Crippen LogP contribution in [0.25, 0.3) is 0 Å². The minimum Gasteiger partial charge on any atom is -0.495 e. The summed E-state index contributed by atoms with van der Waals surface area (Å²) in [7, 11) is 1.37. The van der Waals surface area contributed by atoms with Crippen LogP contribution in [0, 0.1) is 28.9 Å². The fourth-order valence-corrected chi connectivity index (χ4v) is 5.61. The van der Waals surface area contributed by atoms with Gasteiger partial charge < -0.3 is 4.74 Å². The molecule has 0 saturated carbocycles. The van der Waals surface area contributed by atoms with Gasteiger partial charge in [0.15, 0.2) is 5.78 Å². The summed E-state index contributed by atoms with van der Waals surface area (Å²) < 4.78 is 5.31. The predicted octanol–water partition coefficient (Wildman–Crippen LogP) is 2.75. The Balaban J connectivity index is 1.58. The Morgan fingerprint density at radius 3 is 2.45 bits per heavy atom. The third-order valence-electron chi connectivity index (χ3n) is 7.07. The smallest absolute Gasteiger partial charge is 0.271 e. The first-order chi connectivity index (χ1) is 15.8. The highest BCUT2D eigenvalue weighted by Crippen LogP contribution is 2.50. The molecule has 3 aliphatic rings. The highest BCUT2D eigenvalue weighted by atomic mass is 16.6. The van der Waals surface area contributed by atoms with Crippen molar-refractivity contribution in [3.05, 3.63) is 63.7 Å². The maximum atomic E-state index is 13.7. The van der Waals surface area contributed by atoms with Gasteiger partial charge in [-0.05, 0) is 32.4 Å². The van der Waals surface area contributed by atoms with Crippen molar-refractivity contribution < 1.29 is 24.0 Å². The van der Waals surface area contributed by atoms with Gasteiger partial charge in [-0.25, -0.2) is 4.90 Å². The van der Waals surface area contributed by atoms with Crippen molar-refractivity contribution in [2.45, 2.75) is 31.8 Å². The lowest BCUT2D eigenvalue weighted by molar-refractivity contribution is -0.384. The predicted molar refractivity (Wildman–Crippen MR) is 118 cm³/mol. The molecule has 5 rings (SSSR count). The number of methoxy groups -OCH3 is 1. The lowest BCUT2D eigenvalue weighted by atomic mass is 9.85. The summed E-state index contributed by atoms with van der Waals surface area (Å²) >= 11 is 0. The summed E-state index contributed by atoms with van der Waals surface area (Å²) in [5.41, 5.74) is 1.31. The second-order valence-electron chi connectivity index (χ2n) is 8.80. The second kappa shape index (κ2) is 7.77. The number of nitro groups is 1. The van der Waals surface area contributed by atoms with E-state index in [9.17, 15) is 24.5 Å². The molecule has 0 spiro atoms. The normalized spacial score (nSPS) is 26.4. The number of ketones is 1. The van der Waals surface area contributed by atoms with Crippen LogP contribution < -0.4 is 9.64 Å². The summed E-state index contributed by atoms with van der Waals surface area (Å²) in [5.74, 6) is -2.43. The summed E-state index contributed by atoms with van der Waals surface area (Å²) in [6.07, 6.45) is 1.56. The molecule has 3 fully saturated rings. The molecule has 170 valence electrons. The van der Waals surface area contributed by atoms with Crippen LogP contribution in [0.15, 0.2) is 42.5 Å². The molecule has 0 aromatic heterocycles. The molecule has 33 heavy (non-hydrogen) atoms. The topological polar surface area (TPSA) is 110 Å². The number of aryl methyl sites for hydroxylation is 1. The number of hydrogen-bond donors (Lipinski definition) is 0. The molecule has 2 aromatic carbocycles. The molecule has 9 nitrogen and oxygen atoms in total. The SMILES string of the molecule is COc1ccc([N+](=O)[O-])cc1N1C(=O)[C@H]2[C@H](C1=O)[C@H](C(=O)c1ccc(C)cc1)N1CCC[C@H]21. The van der Waals surface area contributed by atoms with E-state index in [2.05, 4.69) is 0 Å². The fourth-order valence-electron chi connectivity index (χ4n) is 5.61. The average molecular weight is 449 g/mol. The van der Waals surface area contributed by atoms with Gasteiger partial charge in [-0.1, -0.05) is 29.8 Å². The molecule has 0 unspecified atom stereocenters. The molecule has 3 aliphatic heterocycles. The summed E-state index contributed by atoms with van der Waals surface area (Å²) in [6.45, 7) is 2.58. The zero-order chi connectivity index (χ0) is 23.4. The van der Waals surface area contributed by atoms with Crippen LogP contribution in [-0.2, 0) is 9.59 Å². The summed E-state index contributed by atoms with van der Waals surface area (Å²) in [4.78, 5) is 54.6. The lowest BCUT2D eigenvalue weighted by Crippen LogP contribution is -2.46. The van der Waals surface area contributed by atoms with Gasteiger partial charge in [-0.2, -0.15) is 0 Å². The highest BCUT2D eigenvalue weighted by molar-refractivity contribution is 6.25. The molecule has 2 aromatic rings. The molecule has 3 heterocycles. The van der Waals surface area contributed by atoms with Gasteiger partial charge in [0.05, 0.1) is 29.9 Å². The third kappa shape index (κ3) is 3.14. The van der Waals surface area contributed by atoms with Crippen molar-refractivity contribution in [1.29, 1.82) is 0 Å². The summed E-state index contributed by atoms with van der Waals surface area (Å²) in [5, 5.41) is 11.3. The molecule has 3 saturated heterocycles. The molecular weight excluding hydrogens is 426 g/mol. The van der Waals surface area contributed by atoms with Crippen LogP contribution in [-0.4, -0.2) is 53.2 Å². The number of fused-ring (bicyclic) bond motifs is 3. The first-order valence-electron chi connectivity index (χ1n) is 10.9. The van der Waals surface area contributed by atoms with Gasteiger partial charge in [-0.3, -0.25) is 29.4 Å². The number of non-ortho nitro benzene ring substituents is 1. The Bertz CT molecular complexity index is 1180. The van der Waals surface area contributed by atoms with E-state index in [0.29, 0.717) is 12.1 Å². The number of nitrogens with zero attached hydrogens (tertiary/aromatic N) is 3. The maximum Gasteiger partial charge on any atom is 0.271 e. The number of benzene rings is 2. The molecule has 0 aliphatic carbocycles. The van der Waals surface area contributed by atoms with E-state index in [1.54, 1.807) is 12.1 Å². The minimum atomic E-state index is -0.833. The average Bonchev–Trinajstić information content (AvgIpc) is 3.45. The molecule has 0 bridgehead atoms. The first kappa shape index (κ1) is 21.3. The Morgan fingerprint density at radius 2 is 1.79 bits per heavy atom. The van der Waals surface area contributed by atoms with E-state index in [1.165, 1.54) is 25.3 Å². The number of nitro benzene ring substituents is 1. The monoisotopic (exact) mass is 449 g/mol. The van der Waals surface area contributed by atoms with Crippen LogP contribution in [0.5, 0.6) is 5.75 Å². The van der Waals surface area contributed by atoms with E-state index in [4.69, 9.17) is 4.74 Å². The molecular formula is C24H23N3O6. The van der Waals surface area contributed by atoms with Crippen LogP contribution in [0.3, 0.4) is 0 Å². The van der Waals surface area contributed by atoms with Gasteiger partial charge in [0, 0.05) is 23.7 Å². The number of hydrogen-bond acceptors (Lipinski definition) is 7. The van der Waals surface area contributed by atoms with Gasteiger partial charge in [0.25, 0.3) is 5.69 Å². The van der Waals surface area contributed by atoms with E-state index < -0.39 is 34.6 Å². The van der Waals surface area contributed by atoms with Crippen LogP contribution in [0.1, 0.15) is 28.8 Å². The number of Topliss-reactive ketones (excluding diaryl/α,β-unsaturated/α-hetero) is 1. The van der Waals surface area contributed by atoms with Crippen molar-refractivity contribution >= 4 is 29.0 Å². The fraction of sp³-hybridized carbons (Fsp3) is 0.375. The zero-order valence-corrected chi connectivity index (χ0v) is 18.3. The third-order valence-corrected chi connectivity index (χ3v) is 7.07. The second-order valence-corrected chi connectivity index (χ2v) is 8.80. The number of anilines is 1. The van der Waals surface area contributed by atoms with Crippen molar-refractivity contribution in [2.24, 2.45) is 11.8 Å². The van der Waals surface area contributed by atoms with Gasteiger partial charge in [-0.15, -0.1) is 0 Å². The quantitative estimate of drug-likeness (QED) is 0.299. The van der Waals surface area contributed by atoms with Gasteiger partial charge in [0.1, 0.15) is 11.4 Å². The number of carbonyl (C=O) groups excluding carboxylic acids is 3. The Morgan fingerprint density at radius 1 is 1.09 bits per heavy atom. The van der Waals surface area contributed by atoms with E-state index in [1.807, 2.05) is 24.0 Å². The van der Waals surface area contributed by atoms with Crippen LogP contribution >= 0.6 is 0 Å². The zero-order valence-electron chi connectivity index (χ0n) is 18.3. The first-order valence-corrected chi connectivity index (χ1v) is 10.9. The highest BCUT2D eigenvalue weighted by Gasteiger charge is 2.65. The van der Waals surface area contributed by atoms with E-state index in [0.717, 1.165) is 23.3 Å². The Hall–Kier alpha value is -3.59. The van der Waals surface area contributed by atoms with Gasteiger partial charge in [0.2, 0.25) is 11.8 Å². The van der Waals surface area contributed by atoms with Crippen LogP contribution in [0.2, 0.25) is 0 Å². The van der Waals surface area contributed by atoms with E-state index in [-0.39, 0.29) is 28.9 Å².